The van der Waals surface area contributed by atoms with Gasteiger partial charge in [-0.25, -0.2) is 13.4 Å². The molecule has 0 bridgehead atoms. The van der Waals surface area contributed by atoms with Gasteiger partial charge >= 0.3 is 0 Å². The summed E-state index contributed by atoms with van der Waals surface area (Å²) < 4.78 is 40.4. The van der Waals surface area contributed by atoms with E-state index >= 15 is 0 Å². The van der Waals surface area contributed by atoms with Crippen molar-refractivity contribution in [1.29, 1.82) is 0 Å². The molecule has 0 radical (unpaired) electrons. The van der Waals surface area contributed by atoms with Crippen LogP contribution in [0.2, 0.25) is 4.34 Å². The minimum atomic E-state index is -3.74. The van der Waals surface area contributed by atoms with Crippen molar-refractivity contribution in [2.75, 3.05) is 32.2 Å². The summed E-state index contributed by atoms with van der Waals surface area (Å²) in [6.07, 6.45) is 1.16. The summed E-state index contributed by atoms with van der Waals surface area (Å²) in [5.41, 5.74) is 1.55. The van der Waals surface area contributed by atoms with Crippen molar-refractivity contribution in [1.82, 2.24) is 9.29 Å². The second kappa shape index (κ2) is 11.2. The van der Waals surface area contributed by atoms with Crippen LogP contribution in [-0.2, 0) is 21.4 Å². The monoisotopic (exact) mass is 591 g/mol. The zero-order valence-corrected chi connectivity index (χ0v) is 24.0. The van der Waals surface area contributed by atoms with Gasteiger partial charge in [0.2, 0.25) is 5.91 Å². The number of halogens is 1. The number of carbonyl (C=O) groups excluding carboxylic acids is 1. The van der Waals surface area contributed by atoms with Gasteiger partial charge in [0.05, 0.1) is 31.0 Å². The lowest BCUT2D eigenvalue weighted by Crippen LogP contribution is -2.46. The molecule has 5 rings (SSSR count). The average Bonchev–Trinajstić information content (AvgIpc) is 3.59. The molecule has 0 aliphatic carbocycles. The number of thiophene rings is 1. The number of nitrogens with zero attached hydrogens (tertiary/aromatic N) is 3. The lowest BCUT2D eigenvalue weighted by molar-refractivity contribution is -0.123. The highest BCUT2D eigenvalue weighted by Crippen LogP contribution is 2.41. The summed E-state index contributed by atoms with van der Waals surface area (Å²) in [5, 5.41) is 0.502. The van der Waals surface area contributed by atoms with Crippen LogP contribution in [0.4, 0.5) is 5.13 Å². The van der Waals surface area contributed by atoms with E-state index in [9.17, 15) is 13.2 Å². The first kappa shape index (κ1) is 26.9. The Morgan fingerprint density at radius 3 is 2.50 bits per heavy atom. The number of ether oxygens (including phenoxy) is 2. The molecular formula is C26H26ClN3O5S3. The Balaban J connectivity index is 1.50. The molecule has 1 amide bonds. The van der Waals surface area contributed by atoms with Gasteiger partial charge < -0.3 is 9.47 Å². The number of carbonyl (C=O) groups is 1. The fraction of sp³-hybridized carbons (Fsp3) is 0.308. The number of benzene rings is 2. The average molecular weight is 592 g/mol. The van der Waals surface area contributed by atoms with Crippen LogP contribution >= 0.6 is 34.3 Å². The molecular weight excluding hydrogens is 566 g/mol. The van der Waals surface area contributed by atoms with Crippen molar-refractivity contribution in [3.63, 3.8) is 0 Å². The largest absolute Gasteiger partial charge is 0.495 e. The van der Waals surface area contributed by atoms with E-state index in [4.69, 9.17) is 26.1 Å². The van der Waals surface area contributed by atoms with Crippen molar-refractivity contribution in [2.24, 2.45) is 5.92 Å². The van der Waals surface area contributed by atoms with E-state index in [1.165, 1.54) is 21.7 Å². The number of anilines is 1. The van der Waals surface area contributed by atoms with Gasteiger partial charge in [-0.15, -0.1) is 11.3 Å². The highest BCUT2D eigenvalue weighted by atomic mass is 35.5. The van der Waals surface area contributed by atoms with Gasteiger partial charge in [-0.2, -0.15) is 4.31 Å². The Morgan fingerprint density at radius 2 is 1.82 bits per heavy atom. The van der Waals surface area contributed by atoms with Crippen LogP contribution in [-0.4, -0.2) is 50.9 Å². The molecule has 1 aliphatic rings. The predicted octanol–water partition coefficient (Wildman–Crippen LogP) is 5.66. The molecule has 1 aliphatic heterocycles. The number of methoxy groups -OCH3 is 2. The van der Waals surface area contributed by atoms with E-state index in [-0.39, 0.29) is 16.7 Å². The lowest BCUT2D eigenvalue weighted by atomic mass is 9.98. The summed E-state index contributed by atoms with van der Waals surface area (Å²) in [6.45, 7) is 0.753. The molecule has 1 atom stereocenters. The number of piperidine rings is 1. The second-order valence-corrected chi connectivity index (χ2v) is 13.7. The molecule has 2 aromatic heterocycles. The minimum Gasteiger partial charge on any atom is -0.495 e. The van der Waals surface area contributed by atoms with Gasteiger partial charge in [0.25, 0.3) is 10.0 Å². The van der Waals surface area contributed by atoms with Crippen molar-refractivity contribution in [3.05, 3.63) is 64.5 Å². The van der Waals surface area contributed by atoms with Gasteiger partial charge in [-0.05, 0) is 42.7 Å². The Kier molecular flexibility index (Phi) is 7.92. The third-order valence-corrected chi connectivity index (χ3v) is 11.1. The van der Waals surface area contributed by atoms with Gasteiger partial charge in [0, 0.05) is 13.1 Å². The SMILES string of the molecule is COc1ccc(OC)c2sc(N(Cc3ccccc3)C(=O)C3CCCN(S(=O)(=O)c4ccc(Cl)s4)C3)nc12. The fourth-order valence-electron chi connectivity index (χ4n) is 4.54. The first-order valence-electron chi connectivity index (χ1n) is 11.9. The molecule has 0 spiro atoms. The quantitative estimate of drug-likeness (QED) is 0.263. The molecule has 3 heterocycles. The van der Waals surface area contributed by atoms with Crippen LogP contribution in [0, 0.1) is 5.92 Å². The number of amides is 1. The van der Waals surface area contributed by atoms with Gasteiger partial charge in [0.15, 0.2) is 5.13 Å². The third kappa shape index (κ3) is 5.26. The molecule has 1 unspecified atom stereocenters. The summed E-state index contributed by atoms with van der Waals surface area (Å²) >= 11 is 8.37. The van der Waals surface area contributed by atoms with E-state index in [0.29, 0.717) is 52.4 Å². The molecule has 2 aromatic carbocycles. The number of aromatic nitrogens is 1. The topological polar surface area (TPSA) is 89.0 Å². The van der Waals surface area contributed by atoms with E-state index in [2.05, 4.69) is 0 Å². The fourth-order valence-corrected chi connectivity index (χ4v) is 8.78. The van der Waals surface area contributed by atoms with Crippen molar-refractivity contribution in [2.45, 2.75) is 23.6 Å². The predicted molar refractivity (Wildman–Crippen MR) is 151 cm³/mol. The number of sulfonamides is 1. The Hall–Kier alpha value is -2.70. The molecule has 1 saturated heterocycles. The first-order valence-corrected chi connectivity index (χ1v) is 15.4. The molecule has 8 nitrogen and oxygen atoms in total. The van der Waals surface area contributed by atoms with Crippen molar-refractivity contribution < 1.29 is 22.7 Å². The number of fused-ring (bicyclic) bond motifs is 1. The molecule has 12 heteroatoms. The summed E-state index contributed by atoms with van der Waals surface area (Å²) in [5.74, 6) is 0.532. The first-order chi connectivity index (χ1) is 18.3. The summed E-state index contributed by atoms with van der Waals surface area (Å²) in [6, 6.07) is 16.3. The van der Waals surface area contributed by atoms with Crippen molar-refractivity contribution >= 4 is 65.6 Å². The van der Waals surface area contributed by atoms with Crippen LogP contribution in [0.3, 0.4) is 0 Å². The molecule has 38 heavy (non-hydrogen) atoms. The Bertz CT molecular complexity index is 1510. The van der Waals surface area contributed by atoms with Crippen LogP contribution in [0.5, 0.6) is 11.5 Å². The molecule has 1 fully saturated rings. The maximum absolute atomic E-state index is 14.1. The Morgan fingerprint density at radius 1 is 1.08 bits per heavy atom. The smallest absolute Gasteiger partial charge is 0.252 e. The lowest BCUT2D eigenvalue weighted by Gasteiger charge is -2.33. The third-order valence-electron chi connectivity index (χ3n) is 6.46. The van der Waals surface area contributed by atoms with E-state index in [1.54, 1.807) is 31.3 Å². The summed E-state index contributed by atoms with van der Waals surface area (Å²) in [7, 11) is -0.582. The zero-order chi connectivity index (χ0) is 26.9. The number of thiazole rings is 1. The van der Waals surface area contributed by atoms with E-state index in [0.717, 1.165) is 21.6 Å². The zero-order valence-electron chi connectivity index (χ0n) is 20.8. The highest BCUT2D eigenvalue weighted by Gasteiger charge is 2.37. The van der Waals surface area contributed by atoms with Crippen LogP contribution in [0.25, 0.3) is 10.2 Å². The Labute approximate surface area is 234 Å². The standard InChI is InChI=1S/C26H26ClN3O5S3/c1-34-19-10-11-20(35-2)24-23(19)28-26(37-24)30(15-17-7-4-3-5-8-17)25(31)18-9-6-14-29(16-18)38(32,33)22-13-12-21(27)36-22/h3-5,7-8,10-13,18H,6,9,14-16H2,1-2H3. The number of hydrogen-bond acceptors (Lipinski definition) is 8. The van der Waals surface area contributed by atoms with E-state index < -0.39 is 15.9 Å². The summed E-state index contributed by atoms with van der Waals surface area (Å²) in [4.78, 5) is 20.5. The number of hydrogen-bond donors (Lipinski definition) is 0. The number of rotatable bonds is 8. The van der Waals surface area contributed by atoms with Gasteiger partial charge in [0.1, 0.15) is 25.9 Å². The molecule has 200 valence electrons. The van der Waals surface area contributed by atoms with E-state index in [1.807, 2.05) is 36.4 Å². The molecule has 0 saturated carbocycles. The maximum Gasteiger partial charge on any atom is 0.252 e. The molecule has 4 aromatic rings. The maximum atomic E-state index is 14.1. The van der Waals surface area contributed by atoms with Crippen LogP contribution < -0.4 is 14.4 Å². The van der Waals surface area contributed by atoms with Crippen LogP contribution in [0.15, 0.2) is 58.8 Å². The van der Waals surface area contributed by atoms with Gasteiger partial charge in [-0.1, -0.05) is 53.3 Å². The molecule has 0 N–H and O–H groups in total. The van der Waals surface area contributed by atoms with Gasteiger partial charge in [-0.3, -0.25) is 9.69 Å². The normalized spacial score (nSPS) is 16.4. The highest BCUT2D eigenvalue weighted by molar-refractivity contribution is 7.91. The minimum absolute atomic E-state index is 0.0967. The van der Waals surface area contributed by atoms with Crippen LogP contribution in [0.1, 0.15) is 18.4 Å². The van der Waals surface area contributed by atoms with Crippen molar-refractivity contribution in [3.8, 4) is 11.5 Å². The second-order valence-electron chi connectivity index (χ2n) is 8.81.